The number of hydrogen-bond donors (Lipinski definition) is 2. The van der Waals surface area contributed by atoms with Crippen LogP contribution in [0.3, 0.4) is 0 Å². The summed E-state index contributed by atoms with van der Waals surface area (Å²) in [6, 6.07) is 8.85. The smallest absolute Gasteiger partial charge is 0.0981 e. The van der Waals surface area contributed by atoms with Crippen molar-refractivity contribution >= 4 is 5.69 Å². The van der Waals surface area contributed by atoms with Crippen LogP contribution >= 0.6 is 0 Å². The lowest BCUT2D eigenvalue weighted by molar-refractivity contribution is -0.0103. The zero-order chi connectivity index (χ0) is 15.2. The summed E-state index contributed by atoms with van der Waals surface area (Å²) in [5.41, 5.74) is 2.56. The Bertz CT molecular complexity index is 437. The molecule has 2 unspecified atom stereocenters. The Morgan fingerprint density at radius 3 is 2.86 bits per heavy atom. The highest BCUT2D eigenvalue weighted by molar-refractivity contribution is 5.54. The van der Waals surface area contributed by atoms with Gasteiger partial charge in [-0.15, -0.1) is 0 Å². The largest absolute Gasteiger partial charge is 0.394 e. The standard InChI is InChI=1S/C17H28N2O2/c1-13(2)8-18-9-15-6-4-5-7-17(15)19-10-16(11-20)21-12-14(19)3/h4-7,13-14,16,18,20H,8-12H2,1-3H3. The zero-order valence-electron chi connectivity index (χ0n) is 13.4. The second kappa shape index (κ2) is 7.78. The summed E-state index contributed by atoms with van der Waals surface area (Å²) in [7, 11) is 0. The van der Waals surface area contributed by atoms with Gasteiger partial charge in [-0.25, -0.2) is 0 Å². The number of ether oxygens (including phenoxy) is 1. The number of aliphatic hydroxyl groups excluding tert-OH is 1. The van der Waals surface area contributed by atoms with Crippen molar-refractivity contribution in [1.82, 2.24) is 5.32 Å². The SMILES string of the molecule is CC(C)CNCc1ccccc1N1CC(CO)OCC1C. The lowest BCUT2D eigenvalue weighted by atomic mass is 10.1. The number of nitrogens with zero attached hydrogens (tertiary/aromatic N) is 1. The highest BCUT2D eigenvalue weighted by Gasteiger charge is 2.26. The first kappa shape index (κ1) is 16.3. The fourth-order valence-corrected chi connectivity index (χ4v) is 2.70. The molecule has 0 bridgehead atoms. The van der Waals surface area contributed by atoms with Crippen LogP contribution in [-0.4, -0.2) is 43.6 Å². The normalized spacial score (nSPS) is 22.8. The van der Waals surface area contributed by atoms with E-state index < -0.39 is 0 Å². The second-order valence-electron chi connectivity index (χ2n) is 6.29. The third kappa shape index (κ3) is 4.43. The average Bonchev–Trinajstić information content (AvgIpc) is 2.48. The number of aliphatic hydroxyl groups is 1. The third-order valence-electron chi connectivity index (χ3n) is 3.88. The van der Waals surface area contributed by atoms with E-state index in [9.17, 15) is 5.11 Å². The van der Waals surface area contributed by atoms with E-state index in [1.165, 1.54) is 11.3 Å². The van der Waals surface area contributed by atoms with Gasteiger partial charge in [0.25, 0.3) is 0 Å². The van der Waals surface area contributed by atoms with Crippen molar-refractivity contribution in [3.8, 4) is 0 Å². The summed E-state index contributed by atoms with van der Waals surface area (Å²) in [4.78, 5) is 2.36. The van der Waals surface area contributed by atoms with Crippen LogP contribution in [0, 0.1) is 5.92 Å². The van der Waals surface area contributed by atoms with Gasteiger partial charge in [0.15, 0.2) is 0 Å². The molecule has 1 aromatic rings. The van der Waals surface area contributed by atoms with Crippen LogP contribution in [0.25, 0.3) is 0 Å². The van der Waals surface area contributed by atoms with Gasteiger partial charge in [-0.3, -0.25) is 0 Å². The van der Waals surface area contributed by atoms with Gasteiger partial charge in [0, 0.05) is 24.8 Å². The summed E-state index contributed by atoms with van der Waals surface area (Å²) >= 11 is 0. The number of morpholine rings is 1. The van der Waals surface area contributed by atoms with Gasteiger partial charge in [-0.05, 0) is 31.0 Å². The van der Waals surface area contributed by atoms with Crippen LogP contribution in [0.15, 0.2) is 24.3 Å². The Labute approximate surface area is 128 Å². The first-order chi connectivity index (χ1) is 10.1. The highest BCUT2D eigenvalue weighted by atomic mass is 16.5. The Balaban J connectivity index is 2.10. The van der Waals surface area contributed by atoms with E-state index in [4.69, 9.17) is 4.74 Å². The Morgan fingerprint density at radius 2 is 2.14 bits per heavy atom. The van der Waals surface area contributed by atoms with Gasteiger partial charge in [0.1, 0.15) is 0 Å². The number of nitrogens with one attached hydrogen (secondary N) is 1. The third-order valence-corrected chi connectivity index (χ3v) is 3.88. The van der Waals surface area contributed by atoms with Gasteiger partial charge in [0.05, 0.1) is 19.3 Å². The molecule has 4 nitrogen and oxygen atoms in total. The van der Waals surface area contributed by atoms with Crippen molar-refractivity contribution in [3.05, 3.63) is 29.8 Å². The first-order valence-electron chi connectivity index (χ1n) is 7.89. The molecule has 0 aliphatic carbocycles. The maximum Gasteiger partial charge on any atom is 0.0981 e. The summed E-state index contributed by atoms with van der Waals surface area (Å²) in [5.74, 6) is 0.651. The number of benzene rings is 1. The number of rotatable bonds is 6. The number of anilines is 1. The minimum absolute atomic E-state index is 0.0803. The van der Waals surface area contributed by atoms with Crippen molar-refractivity contribution in [3.63, 3.8) is 0 Å². The molecule has 2 atom stereocenters. The number of hydrogen-bond acceptors (Lipinski definition) is 4. The molecule has 1 aliphatic heterocycles. The molecule has 0 saturated carbocycles. The lowest BCUT2D eigenvalue weighted by Gasteiger charge is -2.40. The molecule has 0 aromatic heterocycles. The first-order valence-corrected chi connectivity index (χ1v) is 7.89. The van der Waals surface area contributed by atoms with E-state index in [0.717, 1.165) is 19.6 Å². The summed E-state index contributed by atoms with van der Waals surface area (Å²) in [5, 5.41) is 12.9. The van der Waals surface area contributed by atoms with Crippen molar-refractivity contribution in [2.45, 2.75) is 39.5 Å². The average molecular weight is 292 g/mol. The van der Waals surface area contributed by atoms with Gasteiger partial charge < -0.3 is 20.1 Å². The predicted octanol–water partition coefficient (Wildman–Crippen LogP) is 2.02. The van der Waals surface area contributed by atoms with Gasteiger partial charge in [-0.1, -0.05) is 32.0 Å². The van der Waals surface area contributed by atoms with Crippen LogP contribution in [0.2, 0.25) is 0 Å². The van der Waals surface area contributed by atoms with Crippen LogP contribution in [0.1, 0.15) is 26.3 Å². The lowest BCUT2D eigenvalue weighted by Crippen LogP contribution is -2.50. The maximum absolute atomic E-state index is 9.35. The van der Waals surface area contributed by atoms with E-state index in [0.29, 0.717) is 18.6 Å². The molecule has 118 valence electrons. The monoisotopic (exact) mass is 292 g/mol. The molecular formula is C17H28N2O2. The van der Waals surface area contributed by atoms with Crippen LogP contribution in [-0.2, 0) is 11.3 Å². The molecule has 1 aromatic carbocycles. The van der Waals surface area contributed by atoms with Crippen LogP contribution in [0.4, 0.5) is 5.69 Å². The molecule has 2 N–H and O–H groups in total. The minimum Gasteiger partial charge on any atom is -0.394 e. The van der Waals surface area contributed by atoms with E-state index >= 15 is 0 Å². The molecule has 1 aliphatic rings. The molecule has 0 amide bonds. The maximum atomic E-state index is 9.35. The zero-order valence-corrected chi connectivity index (χ0v) is 13.4. The second-order valence-corrected chi connectivity index (χ2v) is 6.29. The fourth-order valence-electron chi connectivity index (χ4n) is 2.70. The van der Waals surface area contributed by atoms with Gasteiger partial charge in [0.2, 0.25) is 0 Å². The predicted molar refractivity (Wildman–Crippen MR) is 86.6 cm³/mol. The van der Waals surface area contributed by atoms with Gasteiger partial charge in [-0.2, -0.15) is 0 Å². The van der Waals surface area contributed by atoms with Crippen molar-refractivity contribution in [1.29, 1.82) is 0 Å². The molecule has 1 saturated heterocycles. The van der Waals surface area contributed by atoms with Crippen molar-refractivity contribution in [2.24, 2.45) is 5.92 Å². The van der Waals surface area contributed by atoms with E-state index in [2.05, 4.69) is 55.3 Å². The Morgan fingerprint density at radius 1 is 1.38 bits per heavy atom. The van der Waals surface area contributed by atoms with E-state index in [-0.39, 0.29) is 12.7 Å². The van der Waals surface area contributed by atoms with Crippen LogP contribution < -0.4 is 10.2 Å². The van der Waals surface area contributed by atoms with Crippen molar-refractivity contribution in [2.75, 3.05) is 31.2 Å². The highest BCUT2D eigenvalue weighted by Crippen LogP contribution is 2.25. The van der Waals surface area contributed by atoms with Crippen LogP contribution in [0.5, 0.6) is 0 Å². The molecule has 1 heterocycles. The molecular weight excluding hydrogens is 264 g/mol. The summed E-state index contributed by atoms with van der Waals surface area (Å²) in [6.07, 6.45) is -0.0853. The topological polar surface area (TPSA) is 44.7 Å². The Hall–Kier alpha value is -1.10. The van der Waals surface area contributed by atoms with E-state index in [1.807, 2.05) is 0 Å². The molecule has 0 radical (unpaired) electrons. The summed E-state index contributed by atoms with van der Waals surface area (Å²) in [6.45, 7) is 10.00. The molecule has 21 heavy (non-hydrogen) atoms. The molecule has 4 heteroatoms. The molecule has 0 spiro atoms. The van der Waals surface area contributed by atoms with Gasteiger partial charge >= 0.3 is 0 Å². The quantitative estimate of drug-likeness (QED) is 0.842. The molecule has 1 fully saturated rings. The van der Waals surface area contributed by atoms with Crippen molar-refractivity contribution < 1.29 is 9.84 Å². The number of para-hydroxylation sites is 1. The fraction of sp³-hybridized carbons (Fsp3) is 0.647. The summed E-state index contributed by atoms with van der Waals surface area (Å²) < 4.78 is 5.64. The Kier molecular flexibility index (Phi) is 6.03. The molecule has 2 rings (SSSR count). The minimum atomic E-state index is -0.0853. The van der Waals surface area contributed by atoms with E-state index in [1.54, 1.807) is 0 Å².